The fourth-order valence-corrected chi connectivity index (χ4v) is 7.02. The number of ether oxygens (including phenoxy) is 2. The van der Waals surface area contributed by atoms with Gasteiger partial charge >= 0.3 is 0 Å². The maximum Gasteiger partial charge on any atom is 0.272 e. The van der Waals surface area contributed by atoms with Crippen LogP contribution in [-0.2, 0) is 9.59 Å². The summed E-state index contributed by atoms with van der Waals surface area (Å²) < 4.78 is 10.8. The largest absolute Gasteiger partial charge is 0.493 e. The van der Waals surface area contributed by atoms with E-state index in [1.807, 2.05) is 72.1 Å². The van der Waals surface area contributed by atoms with E-state index < -0.39 is 17.1 Å². The average Bonchev–Trinajstić information content (AvgIpc) is 3.66. The van der Waals surface area contributed by atoms with E-state index in [9.17, 15) is 14.4 Å². The summed E-state index contributed by atoms with van der Waals surface area (Å²) in [6, 6.07) is 37.7. The van der Waals surface area contributed by atoms with Crippen LogP contribution in [0.1, 0.15) is 26.7 Å². The number of nitrogens with one attached hydrogen (secondary N) is 3. The first-order chi connectivity index (χ1) is 25.8. The number of halogens is 1. The number of hydrogen-bond acceptors (Lipinski definition) is 8. The second kappa shape index (κ2) is 17.6. The second-order valence-corrected chi connectivity index (χ2v) is 13.9. The van der Waals surface area contributed by atoms with Crippen molar-refractivity contribution in [1.29, 1.82) is 0 Å². The first-order valence-corrected chi connectivity index (χ1v) is 18.4. The van der Waals surface area contributed by atoms with Gasteiger partial charge in [0.15, 0.2) is 16.6 Å². The van der Waals surface area contributed by atoms with E-state index in [-0.39, 0.29) is 11.6 Å². The van der Waals surface area contributed by atoms with Gasteiger partial charge < -0.3 is 25.4 Å². The molecule has 0 bridgehead atoms. The first-order valence-electron chi connectivity index (χ1n) is 16.2. The molecule has 0 aliphatic rings. The van der Waals surface area contributed by atoms with Gasteiger partial charge in [0, 0.05) is 32.1 Å². The number of hydrogen-bond donors (Lipinski definition) is 3. The molecule has 0 aliphatic heterocycles. The summed E-state index contributed by atoms with van der Waals surface area (Å²) in [5.74, 6) is 0.0217. The third kappa shape index (κ3) is 9.72. The fourth-order valence-electron chi connectivity index (χ4n) is 5.15. The summed E-state index contributed by atoms with van der Waals surface area (Å²) in [7, 11) is 3.15. The van der Waals surface area contributed by atoms with Gasteiger partial charge in [-0.15, -0.1) is 23.1 Å². The van der Waals surface area contributed by atoms with E-state index in [1.54, 1.807) is 81.0 Å². The van der Waals surface area contributed by atoms with Crippen LogP contribution in [0, 0.1) is 0 Å². The zero-order valence-corrected chi connectivity index (χ0v) is 30.9. The monoisotopic (exact) mass is 760 g/mol. The number of carbonyl (C=O) groups is 3. The van der Waals surface area contributed by atoms with Crippen LogP contribution in [0.4, 0.5) is 10.8 Å². The van der Waals surface area contributed by atoms with Gasteiger partial charge in [0.1, 0.15) is 10.9 Å². The Morgan fingerprint density at radius 3 is 2.15 bits per heavy atom. The molecule has 0 aliphatic carbocycles. The van der Waals surface area contributed by atoms with Crippen LogP contribution in [0.3, 0.4) is 0 Å². The van der Waals surface area contributed by atoms with Crippen molar-refractivity contribution in [3.05, 3.63) is 160 Å². The maximum atomic E-state index is 13.8. The molecule has 1 aromatic heterocycles. The maximum absolute atomic E-state index is 13.8. The minimum atomic E-state index is -0.604. The number of methoxy groups -OCH3 is 2. The zero-order valence-electron chi connectivity index (χ0n) is 28.5. The lowest BCUT2D eigenvalue weighted by atomic mass is 10.1. The Morgan fingerprint density at radius 1 is 0.792 bits per heavy atom. The van der Waals surface area contributed by atoms with E-state index in [1.165, 1.54) is 23.1 Å². The van der Waals surface area contributed by atoms with Crippen molar-refractivity contribution in [1.82, 2.24) is 10.3 Å². The highest BCUT2D eigenvalue weighted by molar-refractivity contribution is 8.00. The summed E-state index contributed by atoms with van der Waals surface area (Å²) in [6.45, 7) is 0. The SMILES string of the molecule is COc1ccc(-c2csc(NC(=O)C(Sc3ccc(NC(=O)/C(=C/c4ccc(Cl)cc4)NC(=O)c4ccccc4)cc3)c3ccccc3)n2)cc1OC. The second-order valence-electron chi connectivity index (χ2n) is 11.4. The van der Waals surface area contributed by atoms with E-state index in [0.717, 1.165) is 16.0 Å². The summed E-state index contributed by atoms with van der Waals surface area (Å²) in [6.07, 6.45) is 1.58. The lowest BCUT2D eigenvalue weighted by Gasteiger charge is -2.17. The van der Waals surface area contributed by atoms with Crippen molar-refractivity contribution in [2.45, 2.75) is 10.1 Å². The Kier molecular flexibility index (Phi) is 12.2. The van der Waals surface area contributed by atoms with Crippen LogP contribution in [0.15, 0.2) is 143 Å². The number of thiazole rings is 1. The van der Waals surface area contributed by atoms with Crippen molar-refractivity contribution in [2.75, 3.05) is 24.9 Å². The Labute approximate surface area is 320 Å². The van der Waals surface area contributed by atoms with E-state index in [2.05, 4.69) is 20.9 Å². The van der Waals surface area contributed by atoms with Crippen LogP contribution in [-0.4, -0.2) is 36.9 Å². The Bertz CT molecular complexity index is 2230. The summed E-state index contributed by atoms with van der Waals surface area (Å²) in [4.78, 5) is 45.8. The van der Waals surface area contributed by atoms with Crippen LogP contribution in [0.25, 0.3) is 17.3 Å². The molecule has 0 saturated carbocycles. The van der Waals surface area contributed by atoms with Crippen LogP contribution >= 0.6 is 34.7 Å². The molecule has 12 heteroatoms. The van der Waals surface area contributed by atoms with Gasteiger partial charge in [-0.2, -0.15) is 0 Å². The molecule has 3 N–H and O–H groups in total. The number of anilines is 2. The highest BCUT2D eigenvalue weighted by Crippen LogP contribution is 2.38. The highest BCUT2D eigenvalue weighted by atomic mass is 35.5. The Hall–Kier alpha value is -5.88. The number of thioether (sulfide) groups is 1. The number of carbonyl (C=O) groups excluding carboxylic acids is 3. The third-order valence-corrected chi connectivity index (χ3v) is 10.1. The quantitative estimate of drug-likeness (QED) is 0.0793. The minimum Gasteiger partial charge on any atom is -0.493 e. The molecule has 53 heavy (non-hydrogen) atoms. The first kappa shape index (κ1) is 36.9. The average molecular weight is 761 g/mol. The van der Waals surface area contributed by atoms with Crippen molar-refractivity contribution < 1.29 is 23.9 Å². The number of benzene rings is 5. The van der Waals surface area contributed by atoms with Crippen molar-refractivity contribution in [3.63, 3.8) is 0 Å². The molecule has 9 nitrogen and oxygen atoms in total. The molecular weight excluding hydrogens is 728 g/mol. The molecule has 1 atom stereocenters. The third-order valence-electron chi connectivity index (χ3n) is 7.83. The normalized spacial score (nSPS) is 11.6. The topological polar surface area (TPSA) is 119 Å². The van der Waals surface area contributed by atoms with Crippen LogP contribution < -0.4 is 25.4 Å². The van der Waals surface area contributed by atoms with Gasteiger partial charge in [-0.05, 0) is 83.9 Å². The predicted octanol–water partition coefficient (Wildman–Crippen LogP) is 9.36. The highest BCUT2D eigenvalue weighted by Gasteiger charge is 2.24. The molecule has 3 amide bonds. The van der Waals surface area contributed by atoms with Gasteiger partial charge in [-0.1, -0.05) is 72.3 Å². The van der Waals surface area contributed by atoms with Crippen molar-refractivity contribution >= 4 is 69.3 Å². The number of amides is 3. The number of rotatable bonds is 13. The van der Waals surface area contributed by atoms with Crippen molar-refractivity contribution in [2.24, 2.45) is 0 Å². The van der Waals surface area contributed by atoms with Gasteiger partial charge in [0.25, 0.3) is 11.8 Å². The molecule has 0 spiro atoms. The van der Waals surface area contributed by atoms with E-state index in [0.29, 0.717) is 44.2 Å². The van der Waals surface area contributed by atoms with Gasteiger partial charge in [0.2, 0.25) is 5.91 Å². The minimum absolute atomic E-state index is 0.0527. The molecule has 5 aromatic carbocycles. The molecule has 6 aromatic rings. The predicted molar refractivity (Wildman–Crippen MR) is 213 cm³/mol. The van der Waals surface area contributed by atoms with E-state index in [4.69, 9.17) is 21.1 Å². The standard InChI is InChI=1S/C41H33ClN4O5S2/c1-50-35-22-15-29(24-36(35)51-2)34-25-52-41(45-34)46-40(49)37(27-9-5-3-6-10-27)53-32-20-18-31(19-21-32)43-39(48)33(23-26-13-16-30(42)17-14-26)44-38(47)28-11-7-4-8-12-28/h3-25,37H,1-2H3,(H,43,48)(H,44,47)(H,45,46,49)/b33-23-. The van der Waals surface area contributed by atoms with Gasteiger partial charge in [0.05, 0.1) is 19.9 Å². The molecule has 266 valence electrons. The molecule has 1 heterocycles. The molecule has 1 unspecified atom stereocenters. The van der Waals surface area contributed by atoms with Crippen LogP contribution in [0.5, 0.6) is 11.5 Å². The fraction of sp³-hybridized carbons (Fsp3) is 0.0732. The van der Waals surface area contributed by atoms with Crippen LogP contribution in [0.2, 0.25) is 5.02 Å². The molecule has 0 saturated heterocycles. The van der Waals surface area contributed by atoms with Crippen molar-refractivity contribution in [3.8, 4) is 22.8 Å². The van der Waals surface area contributed by atoms with Gasteiger partial charge in [-0.25, -0.2) is 4.98 Å². The number of aromatic nitrogens is 1. The Morgan fingerprint density at radius 2 is 1.47 bits per heavy atom. The Balaban J connectivity index is 1.16. The summed E-state index contributed by atoms with van der Waals surface area (Å²) in [5.41, 5.74) is 3.98. The molecular formula is C41H33ClN4O5S2. The summed E-state index contributed by atoms with van der Waals surface area (Å²) >= 11 is 8.74. The zero-order chi connectivity index (χ0) is 37.2. The lowest BCUT2D eigenvalue weighted by Crippen LogP contribution is -2.30. The lowest BCUT2D eigenvalue weighted by molar-refractivity contribution is -0.116. The smallest absolute Gasteiger partial charge is 0.272 e. The molecule has 6 rings (SSSR count). The van der Waals surface area contributed by atoms with Gasteiger partial charge in [-0.3, -0.25) is 14.4 Å². The molecule has 0 fully saturated rings. The molecule has 0 radical (unpaired) electrons. The van der Waals surface area contributed by atoms with E-state index >= 15 is 0 Å². The number of nitrogens with zero attached hydrogens (tertiary/aromatic N) is 1. The summed E-state index contributed by atoms with van der Waals surface area (Å²) in [5, 5.41) is 10.9.